The highest BCUT2D eigenvalue weighted by Gasteiger charge is 2.08. The third-order valence-electron chi connectivity index (χ3n) is 2.84. The number of H-pyrrole nitrogens is 1. The SMILES string of the molecule is CSc1ccc(Oc2cc3[nH]c(=O)oc3cc2N)cc1. The van der Waals surface area contributed by atoms with Crippen LogP contribution in [0.5, 0.6) is 11.5 Å². The molecule has 1 aromatic heterocycles. The minimum Gasteiger partial charge on any atom is -0.455 e. The zero-order chi connectivity index (χ0) is 14.1. The Morgan fingerprint density at radius 1 is 1.25 bits per heavy atom. The van der Waals surface area contributed by atoms with Crippen LogP contribution in [0.15, 0.2) is 50.5 Å². The summed E-state index contributed by atoms with van der Waals surface area (Å²) in [6.45, 7) is 0. The summed E-state index contributed by atoms with van der Waals surface area (Å²) in [4.78, 5) is 14.9. The molecule has 0 unspecified atom stereocenters. The van der Waals surface area contributed by atoms with Gasteiger partial charge in [0.05, 0.1) is 11.2 Å². The van der Waals surface area contributed by atoms with Crippen molar-refractivity contribution < 1.29 is 9.15 Å². The fourth-order valence-corrected chi connectivity index (χ4v) is 2.26. The van der Waals surface area contributed by atoms with Gasteiger partial charge in [0.25, 0.3) is 0 Å². The Hall–Kier alpha value is -2.34. The number of hydrogen-bond acceptors (Lipinski definition) is 5. The molecule has 1 heterocycles. The Bertz CT molecular complexity index is 805. The molecule has 0 bridgehead atoms. The topological polar surface area (TPSA) is 81.2 Å². The highest BCUT2D eigenvalue weighted by Crippen LogP contribution is 2.31. The van der Waals surface area contributed by atoms with Gasteiger partial charge in [0, 0.05) is 17.0 Å². The van der Waals surface area contributed by atoms with Crippen LogP contribution in [0.2, 0.25) is 0 Å². The number of aromatic nitrogens is 1. The number of hydrogen-bond donors (Lipinski definition) is 2. The molecule has 102 valence electrons. The number of nitrogens with two attached hydrogens (primary N) is 1. The second-order valence-corrected chi connectivity index (χ2v) is 5.06. The number of fused-ring (bicyclic) bond motifs is 1. The molecule has 3 N–H and O–H groups in total. The Kier molecular flexibility index (Phi) is 3.15. The van der Waals surface area contributed by atoms with Gasteiger partial charge in [-0.25, -0.2) is 4.79 Å². The minimum atomic E-state index is -0.513. The van der Waals surface area contributed by atoms with Crippen molar-refractivity contribution in [1.29, 1.82) is 0 Å². The zero-order valence-electron chi connectivity index (χ0n) is 10.7. The van der Waals surface area contributed by atoms with Crippen LogP contribution in [0, 0.1) is 0 Å². The number of benzene rings is 2. The standard InChI is InChI=1S/C14H12N2O3S/c1-20-9-4-2-8(3-5-9)18-12-7-11-13(6-10(12)15)19-14(17)16-11/h2-7H,15H2,1H3,(H,16,17). The second kappa shape index (κ2) is 4.97. The minimum absolute atomic E-state index is 0.411. The molecule has 0 aliphatic rings. The molecule has 0 spiro atoms. The first kappa shape index (κ1) is 12.7. The van der Waals surface area contributed by atoms with Gasteiger partial charge in [-0.3, -0.25) is 4.98 Å². The lowest BCUT2D eigenvalue weighted by Crippen LogP contribution is -1.93. The van der Waals surface area contributed by atoms with E-state index in [0.717, 1.165) is 4.90 Å². The van der Waals surface area contributed by atoms with Gasteiger partial charge in [-0.1, -0.05) is 0 Å². The highest BCUT2D eigenvalue weighted by atomic mass is 32.2. The maximum atomic E-state index is 11.1. The van der Waals surface area contributed by atoms with Crippen molar-refractivity contribution in [2.24, 2.45) is 0 Å². The molecule has 0 aliphatic carbocycles. The second-order valence-electron chi connectivity index (χ2n) is 4.18. The lowest BCUT2D eigenvalue weighted by Gasteiger charge is -2.08. The molecule has 0 fully saturated rings. The number of nitrogens with one attached hydrogen (secondary N) is 1. The van der Waals surface area contributed by atoms with E-state index in [4.69, 9.17) is 14.9 Å². The molecule has 20 heavy (non-hydrogen) atoms. The molecule has 0 atom stereocenters. The van der Waals surface area contributed by atoms with Crippen LogP contribution < -0.4 is 16.2 Å². The molecule has 0 amide bonds. The van der Waals surface area contributed by atoms with Crippen LogP contribution in [0.4, 0.5) is 5.69 Å². The molecule has 0 saturated carbocycles. The lowest BCUT2D eigenvalue weighted by molar-refractivity contribution is 0.485. The van der Waals surface area contributed by atoms with Gasteiger partial charge in [-0.05, 0) is 30.5 Å². The number of rotatable bonds is 3. The van der Waals surface area contributed by atoms with E-state index in [0.29, 0.717) is 28.3 Å². The number of nitrogen functional groups attached to an aromatic ring is 1. The summed E-state index contributed by atoms with van der Waals surface area (Å²) >= 11 is 1.66. The first-order valence-electron chi connectivity index (χ1n) is 5.90. The van der Waals surface area contributed by atoms with Crippen LogP contribution >= 0.6 is 11.8 Å². The number of aromatic amines is 1. The number of thioether (sulfide) groups is 1. The summed E-state index contributed by atoms with van der Waals surface area (Å²) in [7, 11) is 0. The van der Waals surface area contributed by atoms with Crippen LogP contribution in [0.1, 0.15) is 0 Å². The van der Waals surface area contributed by atoms with Gasteiger partial charge in [0.2, 0.25) is 0 Å². The maximum absolute atomic E-state index is 11.1. The van der Waals surface area contributed by atoms with Crippen molar-refractivity contribution in [1.82, 2.24) is 4.98 Å². The summed E-state index contributed by atoms with van der Waals surface area (Å²) in [6.07, 6.45) is 2.01. The van der Waals surface area contributed by atoms with E-state index in [-0.39, 0.29) is 0 Å². The van der Waals surface area contributed by atoms with Gasteiger partial charge in [0.1, 0.15) is 5.75 Å². The molecular formula is C14H12N2O3S. The molecule has 0 radical (unpaired) electrons. The van der Waals surface area contributed by atoms with Crippen LogP contribution in [-0.2, 0) is 0 Å². The lowest BCUT2D eigenvalue weighted by atomic mass is 10.2. The molecular weight excluding hydrogens is 276 g/mol. The van der Waals surface area contributed by atoms with Crippen molar-refractivity contribution in [2.45, 2.75) is 4.90 Å². The molecule has 6 heteroatoms. The first-order valence-corrected chi connectivity index (χ1v) is 7.12. The van der Waals surface area contributed by atoms with Crippen molar-refractivity contribution >= 4 is 28.5 Å². The quantitative estimate of drug-likeness (QED) is 0.571. The van der Waals surface area contributed by atoms with Crippen molar-refractivity contribution in [3.63, 3.8) is 0 Å². The third kappa shape index (κ3) is 2.37. The van der Waals surface area contributed by atoms with Crippen LogP contribution in [0.3, 0.4) is 0 Å². The zero-order valence-corrected chi connectivity index (χ0v) is 11.5. The number of ether oxygens (including phenoxy) is 1. The molecule has 2 aromatic carbocycles. The van der Waals surface area contributed by atoms with E-state index in [9.17, 15) is 4.79 Å². The Morgan fingerprint density at radius 2 is 2.00 bits per heavy atom. The number of oxazole rings is 1. The smallest absolute Gasteiger partial charge is 0.417 e. The Morgan fingerprint density at radius 3 is 2.70 bits per heavy atom. The van der Waals surface area contributed by atoms with E-state index in [1.165, 1.54) is 0 Å². The average molecular weight is 288 g/mol. The van der Waals surface area contributed by atoms with Gasteiger partial charge in [0.15, 0.2) is 11.3 Å². The largest absolute Gasteiger partial charge is 0.455 e. The first-order chi connectivity index (χ1) is 9.65. The van der Waals surface area contributed by atoms with Gasteiger partial charge in [-0.15, -0.1) is 11.8 Å². The summed E-state index contributed by atoms with van der Waals surface area (Å²) in [5.74, 6) is 0.645. The van der Waals surface area contributed by atoms with E-state index in [1.807, 2.05) is 30.5 Å². The van der Waals surface area contributed by atoms with E-state index < -0.39 is 5.76 Å². The van der Waals surface area contributed by atoms with Crippen molar-refractivity contribution in [3.8, 4) is 11.5 Å². The average Bonchev–Trinajstić information content (AvgIpc) is 2.79. The molecule has 3 rings (SSSR count). The summed E-state index contributed by atoms with van der Waals surface area (Å²) in [5, 5.41) is 0. The van der Waals surface area contributed by atoms with Crippen LogP contribution in [-0.4, -0.2) is 11.2 Å². The third-order valence-corrected chi connectivity index (χ3v) is 3.58. The monoisotopic (exact) mass is 288 g/mol. The van der Waals surface area contributed by atoms with Crippen LogP contribution in [0.25, 0.3) is 11.1 Å². The normalized spacial score (nSPS) is 10.8. The molecule has 5 nitrogen and oxygen atoms in total. The maximum Gasteiger partial charge on any atom is 0.417 e. The summed E-state index contributed by atoms with van der Waals surface area (Å²) in [5.41, 5.74) is 7.28. The predicted octanol–water partition coefficient (Wildman–Crippen LogP) is 3.22. The Labute approximate surface area is 118 Å². The number of anilines is 1. The molecule has 0 saturated heterocycles. The van der Waals surface area contributed by atoms with Crippen molar-refractivity contribution in [2.75, 3.05) is 12.0 Å². The molecule has 0 aliphatic heterocycles. The predicted molar refractivity (Wildman–Crippen MR) is 79.5 cm³/mol. The summed E-state index contributed by atoms with van der Waals surface area (Å²) < 4.78 is 10.7. The highest BCUT2D eigenvalue weighted by molar-refractivity contribution is 7.98. The van der Waals surface area contributed by atoms with Gasteiger partial charge >= 0.3 is 5.76 Å². The molecule has 3 aromatic rings. The fraction of sp³-hybridized carbons (Fsp3) is 0.0714. The van der Waals surface area contributed by atoms with E-state index in [2.05, 4.69) is 4.98 Å². The van der Waals surface area contributed by atoms with Gasteiger partial charge < -0.3 is 14.9 Å². The summed E-state index contributed by atoms with van der Waals surface area (Å²) in [6, 6.07) is 10.9. The van der Waals surface area contributed by atoms with Crippen molar-refractivity contribution in [3.05, 3.63) is 46.9 Å². The van der Waals surface area contributed by atoms with E-state index in [1.54, 1.807) is 23.9 Å². The van der Waals surface area contributed by atoms with E-state index >= 15 is 0 Å². The fourth-order valence-electron chi connectivity index (χ4n) is 1.85. The Balaban J connectivity index is 1.96. The van der Waals surface area contributed by atoms with Gasteiger partial charge in [-0.2, -0.15) is 0 Å².